The highest BCUT2D eigenvalue weighted by Gasteiger charge is 2.18. The molecule has 0 aliphatic carbocycles. The van der Waals surface area contributed by atoms with Crippen LogP contribution in [0.25, 0.3) is 17.0 Å². The summed E-state index contributed by atoms with van der Waals surface area (Å²) in [5.41, 5.74) is 1.78. The quantitative estimate of drug-likeness (QED) is 0.712. The van der Waals surface area contributed by atoms with Gasteiger partial charge in [0.25, 0.3) is 0 Å². The van der Waals surface area contributed by atoms with Crippen molar-refractivity contribution in [1.29, 1.82) is 0 Å². The van der Waals surface area contributed by atoms with Crippen LogP contribution in [0.4, 0.5) is 0 Å². The zero-order chi connectivity index (χ0) is 10.3. The van der Waals surface area contributed by atoms with Gasteiger partial charge in [0.15, 0.2) is 11.3 Å². The van der Waals surface area contributed by atoms with Gasteiger partial charge in [0, 0.05) is 10.9 Å². The van der Waals surface area contributed by atoms with Crippen molar-refractivity contribution < 1.29 is 13.9 Å². The lowest BCUT2D eigenvalue weighted by molar-refractivity contribution is 0.322. The number of ether oxygens (including phenoxy) is 2. The number of benzene rings is 1. The Morgan fingerprint density at radius 2 is 2.33 bits per heavy atom. The fraction of sp³-hybridized carbons (Fsp3) is 0.167. The smallest absolute Gasteiger partial charge is 0.205 e. The zero-order valence-electron chi connectivity index (χ0n) is 8.32. The van der Waals surface area contributed by atoms with Gasteiger partial charge in [0.05, 0.1) is 13.4 Å². The van der Waals surface area contributed by atoms with E-state index in [1.165, 1.54) is 0 Å². The molecule has 15 heavy (non-hydrogen) atoms. The third-order valence-electron chi connectivity index (χ3n) is 2.51. The standard InChI is InChI=1S/C12H10O3/c1-13-12-10-8(3-2-5-14-10)7-9-4-6-15-11(9)12/h2-4,6-7H,5H2,1H3. The number of methoxy groups -OCH3 is 1. The third-order valence-corrected chi connectivity index (χ3v) is 2.51. The van der Waals surface area contributed by atoms with Crippen molar-refractivity contribution in [2.75, 3.05) is 13.7 Å². The molecule has 1 aliphatic rings. The molecule has 2 aromatic rings. The van der Waals surface area contributed by atoms with Crippen molar-refractivity contribution in [2.45, 2.75) is 0 Å². The highest BCUT2D eigenvalue weighted by atomic mass is 16.5. The predicted molar refractivity (Wildman–Crippen MR) is 57.3 cm³/mol. The number of rotatable bonds is 1. The van der Waals surface area contributed by atoms with Gasteiger partial charge in [-0.3, -0.25) is 0 Å². The average molecular weight is 202 g/mol. The van der Waals surface area contributed by atoms with Crippen molar-refractivity contribution in [3.8, 4) is 11.5 Å². The maximum atomic E-state index is 5.55. The summed E-state index contributed by atoms with van der Waals surface area (Å²) in [6.45, 7) is 0.579. The Morgan fingerprint density at radius 3 is 3.20 bits per heavy atom. The van der Waals surface area contributed by atoms with E-state index in [1.54, 1.807) is 13.4 Å². The molecule has 0 fully saturated rings. The molecule has 0 saturated carbocycles. The van der Waals surface area contributed by atoms with Crippen LogP contribution in [0.2, 0.25) is 0 Å². The minimum atomic E-state index is 0.579. The molecule has 1 aliphatic heterocycles. The molecule has 1 aromatic carbocycles. The largest absolute Gasteiger partial charge is 0.490 e. The second-order valence-electron chi connectivity index (χ2n) is 3.38. The molecule has 0 amide bonds. The maximum absolute atomic E-state index is 5.55. The minimum absolute atomic E-state index is 0.579. The van der Waals surface area contributed by atoms with E-state index in [-0.39, 0.29) is 0 Å². The van der Waals surface area contributed by atoms with Crippen LogP contribution in [-0.4, -0.2) is 13.7 Å². The molecule has 0 spiro atoms. The van der Waals surface area contributed by atoms with Crippen LogP contribution in [0.5, 0.6) is 11.5 Å². The van der Waals surface area contributed by atoms with Crippen molar-refractivity contribution in [1.82, 2.24) is 0 Å². The first kappa shape index (κ1) is 8.41. The Hall–Kier alpha value is -1.90. The average Bonchev–Trinajstić information content (AvgIpc) is 2.73. The van der Waals surface area contributed by atoms with Gasteiger partial charge >= 0.3 is 0 Å². The summed E-state index contributed by atoms with van der Waals surface area (Å²) in [7, 11) is 1.62. The van der Waals surface area contributed by atoms with Gasteiger partial charge in [-0.05, 0) is 18.2 Å². The Kier molecular flexibility index (Phi) is 1.71. The van der Waals surface area contributed by atoms with Gasteiger partial charge in [0.1, 0.15) is 6.61 Å². The monoisotopic (exact) mass is 202 g/mol. The summed E-state index contributed by atoms with van der Waals surface area (Å²) in [4.78, 5) is 0. The molecule has 0 N–H and O–H groups in total. The van der Waals surface area contributed by atoms with E-state index in [2.05, 4.69) is 0 Å². The van der Waals surface area contributed by atoms with Gasteiger partial charge in [-0.2, -0.15) is 0 Å². The van der Waals surface area contributed by atoms with Gasteiger partial charge in [-0.15, -0.1) is 0 Å². The molecule has 2 heterocycles. The number of hydrogen-bond acceptors (Lipinski definition) is 3. The van der Waals surface area contributed by atoms with Crippen LogP contribution in [-0.2, 0) is 0 Å². The summed E-state index contributed by atoms with van der Waals surface area (Å²) in [6, 6.07) is 3.95. The van der Waals surface area contributed by atoms with Crippen molar-refractivity contribution in [3.63, 3.8) is 0 Å². The highest BCUT2D eigenvalue weighted by Crippen LogP contribution is 2.41. The van der Waals surface area contributed by atoms with Crippen LogP contribution in [0.15, 0.2) is 28.9 Å². The summed E-state index contributed by atoms with van der Waals surface area (Å²) >= 11 is 0. The molecule has 0 atom stereocenters. The lowest BCUT2D eigenvalue weighted by atomic mass is 10.1. The SMILES string of the molecule is COc1c2c(cc3ccoc13)C=CCO2. The summed E-state index contributed by atoms with van der Waals surface area (Å²) in [5.74, 6) is 1.44. The summed E-state index contributed by atoms with van der Waals surface area (Å²) in [5, 5.41) is 1.03. The lowest BCUT2D eigenvalue weighted by Crippen LogP contribution is -2.02. The lowest BCUT2D eigenvalue weighted by Gasteiger charge is -2.15. The molecule has 3 heteroatoms. The van der Waals surface area contributed by atoms with Crippen molar-refractivity contribution in [3.05, 3.63) is 30.0 Å². The van der Waals surface area contributed by atoms with Crippen LogP contribution >= 0.6 is 0 Å². The summed E-state index contributed by atoms with van der Waals surface area (Å²) in [6.07, 6.45) is 5.67. The predicted octanol–water partition coefficient (Wildman–Crippen LogP) is 2.85. The van der Waals surface area contributed by atoms with Crippen molar-refractivity contribution >= 4 is 17.0 Å². The molecule has 0 saturated heterocycles. The zero-order valence-corrected chi connectivity index (χ0v) is 8.32. The molecule has 76 valence electrons. The first-order valence-corrected chi connectivity index (χ1v) is 4.77. The van der Waals surface area contributed by atoms with Crippen LogP contribution < -0.4 is 9.47 Å². The molecule has 0 radical (unpaired) electrons. The second-order valence-corrected chi connectivity index (χ2v) is 3.38. The summed E-state index contributed by atoms with van der Waals surface area (Å²) < 4.78 is 16.3. The van der Waals surface area contributed by atoms with Gasteiger partial charge in [-0.25, -0.2) is 0 Å². The molecule has 3 nitrogen and oxygen atoms in total. The maximum Gasteiger partial charge on any atom is 0.205 e. The van der Waals surface area contributed by atoms with E-state index in [1.807, 2.05) is 24.3 Å². The molecular weight excluding hydrogens is 192 g/mol. The normalized spacial score (nSPS) is 13.7. The van der Waals surface area contributed by atoms with Crippen LogP contribution in [0.3, 0.4) is 0 Å². The number of furan rings is 1. The van der Waals surface area contributed by atoms with E-state index in [0.29, 0.717) is 12.4 Å². The second kappa shape index (κ2) is 3.05. The van der Waals surface area contributed by atoms with E-state index in [0.717, 1.165) is 22.3 Å². The van der Waals surface area contributed by atoms with E-state index in [9.17, 15) is 0 Å². The molecule has 0 bridgehead atoms. The first-order valence-electron chi connectivity index (χ1n) is 4.77. The van der Waals surface area contributed by atoms with Gasteiger partial charge in [-0.1, -0.05) is 6.08 Å². The van der Waals surface area contributed by atoms with Gasteiger partial charge < -0.3 is 13.9 Å². The fourth-order valence-electron chi connectivity index (χ4n) is 1.85. The van der Waals surface area contributed by atoms with E-state index < -0.39 is 0 Å². The Balaban J connectivity index is 2.40. The number of hydrogen-bond donors (Lipinski definition) is 0. The Bertz CT molecular complexity index is 537. The first-order chi connectivity index (χ1) is 7.40. The van der Waals surface area contributed by atoms with Crippen LogP contribution in [0.1, 0.15) is 5.56 Å². The van der Waals surface area contributed by atoms with E-state index >= 15 is 0 Å². The molecule has 3 rings (SSSR count). The highest BCUT2D eigenvalue weighted by molar-refractivity contribution is 5.90. The van der Waals surface area contributed by atoms with E-state index in [4.69, 9.17) is 13.9 Å². The molecule has 1 aromatic heterocycles. The Morgan fingerprint density at radius 1 is 1.40 bits per heavy atom. The molecule has 0 unspecified atom stereocenters. The fourth-order valence-corrected chi connectivity index (χ4v) is 1.85. The van der Waals surface area contributed by atoms with Crippen molar-refractivity contribution in [2.24, 2.45) is 0 Å². The topological polar surface area (TPSA) is 31.6 Å². The third kappa shape index (κ3) is 1.13. The number of fused-ring (bicyclic) bond motifs is 2. The Labute approximate surface area is 86.9 Å². The molecular formula is C12H10O3. The minimum Gasteiger partial charge on any atom is -0.490 e. The van der Waals surface area contributed by atoms with Gasteiger partial charge in [0.2, 0.25) is 5.75 Å². The van der Waals surface area contributed by atoms with Crippen LogP contribution in [0, 0.1) is 0 Å².